The van der Waals surface area contributed by atoms with Crippen molar-refractivity contribution in [3.8, 4) is 11.5 Å². The van der Waals surface area contributed by atoms with E-state index in [4.69, 9.17) is 9.47 Å². The predicted octanol–water partition coefficient (Wildman–Crippen LogP) is 2.68. The number of hydrogen-bond acceptors (Lipinski definition) is 3. The molecule has 0 saturated carbocycles. The molecule has 0 aliphatic carbocycles. The molecule has 1 atom stereocenters. The van der Waals surface area contributed by atoms with Crippen LogP contribution in [-0.4, -0.2) is 26.2 Å². The Morgan fingerprint density at radius 3 is 2.38 bits per heavy atom. The summed E-state index contributed by atoms with van der Waals surface area (Å²) in [5, 5.41) is 0. The molecular weight excluding hydrogens is 202 g/mol. The summed E-state index contributed by atoms with van der Waals surface area (Å²) in [6.45, 7) is 2.17. The molecule has 3 heteroatoms. The molecule has 0 saturated heterocycles. The van der Waals surface area contributed by atoms with Gasteiger partial charge in [0.1, 0.15) is 0 Å². The SMILES string of the molecule is COc1cc2c(cc1OC)C(C)N(C)C=C2. The van der Waals surface area contributed by atoms with Crippen LogP contribution >= 0.6 is 0 Å². The number of methoxy groups -OCH3 is 2. The molecule has 0 amide bonds. The molecular formula is C13H17NO2. The molecule has 16 heavy (non-hydrogen) atoms. The van der Waals surface area contributed by atoms with Crippen molar-refractivity contribution < 1.29 is 9.47 Å². The number of hydrogen-bond donors (Lipinski definition) is 0. The van der Waals surface area contributed by atoms with Crippen LogP contribution in [0.2, 0.25) is 0 Å². The maximum absolute atomic E-state index is 5.32. The predicted molar refractivity (Wildman–Crippen MR) is 64.8 cm³/mol. The highest BCUT2D eigenvalue weighted by Crippen LogP contribution is 2.37. The zero-order valence-corrected chi connectivity index (χ0v) is 10.2. The third kappa shape index (κ3) is 1.62. The summed E-state index contributed by atoms with van der Waals surface area (Å²) in [5.41, 5.74) is 2.46. The number of fused-ring (bicyclic) bond motifs is 1. The second-order valence-corrected chi connectivity index (χ2v) is 3.99. The largest absolute Gasteiger partial charge is 0.493 e. The maximum atomic E-state index is 5.32. The molecule has 1 aromatic carbocycles. The smallest absolute Gasteiger partial charge is 0.161 e. The van der Waals surface area contributed by atoms with Crippen molar-refractivity contribution in [1.29, 1.82) is 0 Å². The van der Waals surface area contributed by atoms with Crippen molar-refractivity contribution in [1.82, 2.24) is 4.90 Å². The van der Waals surface area contributed by atoms with Crippen molar-refractivity contribution in [3.05, 3.63) is 29.5 Å². The van der Waals surface area contributed by atoms with E-state index in [-0.39, 0.29) is 0 Å². The minimum absolute atomic E-state index is 0.361. The molecule has 0 bridgehead atoms. The second kappa shape index (κ2) is 4.08. The Bertz CT molecular complexity index is 426. The van der Waals surface area contributed by atoms with E-state index in [9.17, 15) is 0 Å². The topological polar surface area (TPSA) is 21.7 Å². The van der Waals surface area contributed by atoms with E-state index in [2.05, 4.69) is 37.2 Å². The fourth-order valence-corrected chi connectivity index (χ4v) is 1.96. The molecule has 0 fully saturated rings. The van der Waals surface area contributed by atoms with Gasteiger partial charge in [-0.25, -0.2) is 0 Å². The number of ether oxygens (including phenoxy) is 2. The van der Waals surface area contributed by atoms with Crippen LogP contribution in [0, 0.1) is 0 Å². The first kappa shape index (κ1) is 10.9. The molecule has 1 aliphatic rings. The Morgan fingerprint density at radius 2 is 1.75 bits per heavy atom. The van der Waals surface area contributed by atoms with Gasteiger partial charge in [0.05, 0.1) is 20.3 Å². The molecule has 0 N–H and O–H groups in total. The maximum Gasteiger partial charge on any atom is 0.161 e. The summed E-state index contributed by atoms with van der Waals surface area (Å²) in [4.78, 5) is 2.17. The first-order valence-electron chi connectivity index (χ1n) is 5.33. The van der Waals surface area contributed by atoms with Gasteiger partial charge in [0, 0.05) is 7.05 Å². The third-order valence-corrected chi connectivity index (χ3v) is 3.14. The summed E-state index contributed by atoms with van der Waals surface area (Å²) in [6.07, 6.45) is 4.18. The zero-order chi connectivity index (χ0) is 11.7. The summed E-state index contributed by atoms with van der Waals surface area (Å²) in [7, 11) is 5.39. The average Bonchev–Trinajstić information content (AvgIpc) is 2.32. The molecule has 1 aliphatic heterocycles. The zero-order valence-electron chi connectivity index (χ0n) is 10.2. The van der Waals surface area contributed by atoms with Crippen molar-refractivity contribution in [2.24, 2.45) is 0 Å². The Balaban J connectivity index is 2.54. The molecule has 0 aromatic heterocycles. The van der Waals surface area contributed by atoms with Crippen molar-refractivity contribution in [3.63, 3.8) is 0 Å². The van der Waals surface area contributed by atoms with E-state index in [0.717, 1.165) is 11.5 Å². The van der Waals surface area contributed by atoms with Crippen LogP contribution in [0.3, 0.4) is 0 Å². The Labute approximate surface area is 96.3 Å². The number of nitrogens with zero attached hydrogens (tertiary/aromatic N) is 1. The van der Waals surface area contributed by atoms with E-state index in [1.807, 2.05) is 6.07 Å². The average molecular weight is 219 g/mol. The van der Waals surface area contributed by atoms with Gasteiger partial charge in [0.2, 0.25) is 0 Å². The lowest BCUT2D eigenvalue weighted by atomic mass is 9.97. The van der Waals surface area contributed by atoms with Crippen molar-refractivity contribution >= 4 is 6.08 Å². The van der Waals surface area contributed by atoms with Crippen LogP contribution in [0.25, 0.3) is 6.08 Å². The molecule has 3 nitrogen and oxygen atoms in total. The molecule has 2 rings (SSSR count). The normalized spacial score (nSPS) is 18.2. The van der Waals surface area contributed by atoms with Crippen LogP contribution in [0.15, 0.2) is 18.3 Å². The molecule has 0 spiro atoms. The van der Waals surface area contributed by atoms with E-state index >= 15 is 0 Å². The van der Waals surface area contributed by atoms with Crippen LogP contribution in [0.4, 0.5) is 0 Å². The van der Waals surface area contributed by atoms with Crippen LogP contribution < -0.4 is 9.47 Å². The highest BCUT2D eigenvalue weighted by Gasteiger charge is 2.19. The molecule has 1 unspecified atom stereocenters. The van der Waals surface area contributed by atoms with Gasteiger partial charge >= 0.3 is 0 Å². The molecule has 0 radical (unpaired) electrons. The molecule has 1 heterocycles. The fourth-order valence-electron chi connectivity index (χ4n) is 1.96. The Hall–Kier alpha value is -1.64. The van der Waals surface area contributed by atoms with Crippen molar-refractivity contribution in [2.75, 3.05) is 21.3 Å². The van der Waals surface area contributed by atoms with Gasteiger partial charge in [-0.3, -0.25) is 0 Å². The van der Waals surface area contributed by atoms with Gasteiger partial charge < -0.3 is 14.4 Å². The summed E-state index contributed by atoms with van der Waals surface area (Å²) < 4.78 is 10.6. The summed E-state index contributed by atoms with van der Waals surface area (Å²) in [5.74, 6) is 1.57. The van der Waals surface area contributed by atoms with E-state index in [0.29, 0.717) is 6.04 Å². The van der Waals surface area contributed by atoms with Gasteiger partial charge in [-0.2, -0.15) is 0 Å². The monoisotopic (exact) mass is 219 g/mol. The van der Waals surface area contributed by atoms with E-state index in [1.165, 1.54) is 11.1 Å². The first-order chi connectivity index (χ1) is 7.67. The van der Waals surface area contributed by atoms with Crippen molar-refractivity contribution in [2.45, 2.75) is 13.0 Å². The summed E-state index contributed by atoms with van der Waals surface area (Å²) in [6, 6.07) is 4.44. The Morgan fingerprint density at radius 1 is 1.12 bits per heavy atom. The lowest BCUT2D eigenvalue weighted by Crippen LogP contribution is -2.19. The minimum atomic E-state index is 0.361. The fraction of sp³-hybridized carbons (Fsp3) is 0.385. The lowest BCUT2D eigenvalue weighted by molar-refractivity contribution is 0.341. The molecule has 1 aromatic rings. The van der Waals surface area contributed by atoms with Crippen LogP contribution in [-0.2, 0) is 0 Å². The van der Waals surface area contributed by atoms with Gasteiger partial charge in [-0.1, -0.05) is 0 Å². The minimum Gasteiger partial charge on any atom is -0.493 e. The van der Waals surface area contributed by atoms with E-state index < -0.39 is 0 Å². The highest BCUT2D eigenvalue weighted by molar-refractivity contribution is 5.62. The van der Waals surface area contributed by atoms with Gasteiger partial charge in [0.25, 0.3) is 0 Å². The van der Waals surface area contributed by atoms with Gasteiger partial charge in [-0.15, -0.1) is 0 Å². The standard InChI is InChI=1S/C13H17NO2/c1-9-11-8-13(16-4)12(15-3)7-10(11)5-6-14(9)2/h5-9H,1-4H3. The molecule has 86 valence electrons. The van der Waals surface area contributed by atoms with Crippen LogP contribution in [0.5, 0.6) is 11.5 Å². The third-order valence-electron chi connectivity index (χ3n) is 3.14. The highest BCUT2D eigenvalue weighted by atomic mass is 16.5. The first-order valence-corrected chi connectivity index (χ1v) is 5.33. The van der Waals surface area contributed by atoms with Crippen LogP contribution in [0.1, 0.15) is 24.1 Å². The number of benzene rings is 1. The quantitative estimate of drug-likeness (QED) is 0.763. The number of rotatable bonds is 2. The van der Waals surface area contributed by atoms with Gasteiger partial charge in [0.15, 0.2) is 11.5 Å². The second-order valence-electron chi connectivity index (χ2n) is 3.99. The van der Waals surface area contributed by atoms with Gasteiger partial charge in [-0.05, 0) is 42.5 Å². The Kier molecular flexibility index (Phi) is 2.77. The summed E-state index contributed by atoms with van der Waals surface area (Å²) >= 11 is 0. The van der Waals surface area contributed by atoms with E-state index in [1.54, 1.807) is 14.2 Å². The lowest BCUT2D eigenvalue weighted by Gasteiger charge is -2.29.